The first-order chi connectivity index (χ1) is 7.18. The summed E-state index contributed by atoms with van der Waals surface area (Å²) in [7, 11) is 0. The second-order valence-electron chi connectivity index (χ2n) is 4.84. The van der Waals surface area contributed by atoms with Crippen molar-refractivity contribution in [3.63, 3.8) is 0 Å². The van der Waals surface area contributed by atoms with Crippen LogP contribution in [0.1, 0.15) is 49.2 Å². The first kappa shape index (κ1) is 11.1. The molecule has 2 N–H and O–H groups in total. The van der Waals surface area contributed by atoms with Crippen LogP contribution in [0, 0.1) is 6.92 Å². The van der Waals surface area contributed by atoms with Gasteiger partial charge in [0.1, 0.15) is 0 Å². The zero-order chi connectivity index (χ0) is 10.7. The van der Waals surface area contributed by atoms with Crippen molar-refractivity contribution in [2.45, 2.75) is 57.4 Å². The Morgan fingerprint density at radius 3 is 2.53 bits per heavy atom. The average Bonchev–Trinajstić information content (AvgIpc) is 2.46. The number of hydrogen-bond donors (Lipinski definition) is 1. The SMILES string of the molecule is Cc1csc(CC2(N)CCCCCC2)n1. The van der Waals surface area contributed by atoms with Crippen molar-refractivity contribution < 1.29 is 0 Å². The Kier molecular flexibility index (Phi) is 3.42. The molecule has 0 spiro atoms. The fraction of sp³-hybridized carbons (Fsp3) is 0.750. The minimum atomic E-state index is 0.0286. The van der Waals surface area contributed by atoms with Gasteiger partial charge in [0, 0.05) is 23.0 Å². The predicted octanol–water partition coefficient (Wildman–Crippen LogP) is 3.05. The van der Waals surface area contributed by atoms with Gasteiger partial charge in [0.15, 0.2) is 0 Å². The van der Waals surface area contributed by atoms with E-state index in [1.165, 1.54) is 43.5 Å². The zero-order valence-electron chi connectivity index (χ0n) is 9.46. The van der Waals surface area contributed by atoms with Crippen LogP contribution >= 0.6 is 11.3 Å². The third-order valence-electron chi connectivity index (χ3n) is 3.27. The lowest BCUT2D eigenvalue weighted by molar-refractivity contribution is 0.368. The first-order valence-corrected chi connectivity index (χ1v) is 6.76. The van der Waals surface area contributed by atoms with Gasteiger partial charge in [0.05, 0.1) is 5.01 Å². The van der Waals surface area contributed by atoms with Gasteiger partial charge in [0.2, 0.25) is 0 Å². The minimum Gasteiger partial charge on any atom is -0.325 e. The minimum absolute atomic E-state index is 0.0286. The Morgan fingerprint density at radius 2 is 2.00 bits per heavy atom. The maximum Gasteiger partial charge on any atom is 0.0946 e. The van der Waals surface area contributed by atoms with Gasteiger partial charge in [-0.05, 0) is 19.8 Å². The van der Waals surface area contributed by atoms with E-state index in [0.717, 1.165) is 12.1 Å². The van der Waals surface area contributed by atoms with E-state index in [1.54, 1.807) is 11.3 Å². The number of rotatable bonds is 2. The zero-order valence-corrected chi connectivity index (χ0v) is 10.3. The normalized spacial score (nSPS) is 21.2. The highest BCUT2D eigenvalue weighted by Crippen LogP contribution is 2.28. The molecule has 2 nitrogen and oxygen atoms in total. The van der Waals surface area contributed by atoms with Gasteiger partial charge in [-0.3, -0.25) is 0 Å². The van der Waals surface area contributed by atoms with E-state index in [2.05, 4.69) is 17.3 Å². The number of aryl methyl sites for hydroxylation is 1. The third-order valence-corrected chi connectivity index (χ3v) is 4.24. The molecule has 1 heterocycles. The highest BCUT2D eigenvalue weighted by atomic mass is 32.1. The number of hydrogen-bond acceptors (Lipinski definition) is 3. The van der Waals surface area contributed by atoms with Gasteiger partial charge in [-0.1, -0.05) is 25.7 Å². The molecule has 0 amide bonds. The van der Waals surface area contributed by atoms with Gasteiger partial charge >= 0.3 is 0 Å². The second-order valence-corrected chi connectivity index (χ2v) is 5.78. The molecule has 15 heavy (non-hydrogen) atoms. The van der Waals surface area contributed by atoms with E-state index >= 15 is 0 Å². The van der Waals surface area contributed by atoms with Crippen LogP contribution in [0.5, 0.6) is 0 Å². The van der Waals surface area contributed by atoms with Crippen LogP contribution in [0.2, 0.25) is 0 Å². The summed E-state index contributed by atoms with van der Waals surface area (Å²) in [5.74, 6) is 0. The second kappa shape index (κ2) is 4.62. The standard InChI is InChI=1S/C12H20N2S/c1-10-9-15-11(14-10)8-12(13)6-4-2-3-5-7-12/h9H,2-8,13H2,1H3. The molecular weight excluding hydrogens is 204 g/mol. The van der Waals surface area contributed by atoms with Gasteiger partial charge in [0.25, 0.3) is 0 Å². The summed E-state index contributed by atoms with van der Waals surface area (Å²) in [5.41, 5.74) is 7.63. The van der Waals surface area contributed by atoms with E-state index < -0.39 is 0 Å². The van der Waals surface area contributed by atoms with Gasteiger partial charge in [-0.15, -0.1) is 11.3 Å². The van der Waals surface area contributed by atoms with Crippen LogP contribution in [0.15, 0.2) is 5.38 Å². The van der Waals surface area contributed by atoms with Crippen LogP contribution in [-0.4, -0.2) is 10.5 Å². The number of nitrogens with zero attached hydrogens (tertiary/aromatic N) is 1. The maximum absolute atomic E-state index is 6.47. The van der Waals surface area contributed by atoms with E-state index in [-0.39, 0.29) is 5.54 Å². The Balaban J connectivity index is 2.02. The van der Waals surface area contributed by atoms with Gasteiger partial charge in [-0.2, -0.15) is 0 Å². The molecular formula is C12H20N2S. The van der Waals surface area contributed by atoms with Crippen molar-refractivity contribution >= 4 is 11.3 Å². The van der Waals surface area contributed by atoms with Gasteiger partial charge < -0.3 is 5.73 Å². The molecule has 1 aliphatic carbocycles. The van der Waals surface area contributed by atoms with E-state index in [1.807, 2.05) is 0 Å². The van der Waals surface area contributed by atoms with Crippen molar-refractivity contribution in [2.75, 3.05) is 0 Å². The third kappa shape index (κ3) is 3.02. The summed E-state index contributed by atoms with van der Waals surface area (Å²) in [5, 5.41) is 3.34. The summed E-state index contributed by atoms with van der Waals surface area (Å²) < 4.78 is 0. The summed E-state index contributed by atoms with van der Waals surface area (Å²) >= 11 is 1.76. The molecule has 1 aromatic heterocycles. The maximum atomic E-state index is 6.47. The summed E-state index contributed by atoms with van der Waals surface area (Å²) in [6.07, 6.45) is 8.62. The highest BCUT2D eigenvalue weighted by molar-refractivity contribution is 7.09. The fourth-order valence-corrected chi connectivity index (χ4v) is 3.32. The lowest BCUT2D eigenvalue weighted by atomic mass is 9.88. The molecule has 2 rings (SSSR count). The largest absolute Gasteiger partial charge is 0.325 e. The number of aromatic nitrogens is 1. The molecule has 0 bridgehead atoms. The van der Waals surface area contributed by atoms with Crippen molar-refractivity contribution in [1.82, 2.24) is 4.98 Å². The smallest absolute Gasteiger partial charge is 0.0946 e. The van der Waals surface area contributed by atoms with Crippen LogP contribution in [0.25, 0.3) is 0 Å². The fourth-order valence-electron chi connectivity index (χ4n) is 2.39. The molecule has 84 valence electrons. The summed E-state index contributed by atoms with van der Waals surface area (Å²) in [6.45, 7) is 2.05. The number of nitrogens with two attached hydrogens (primary N) is 1. The Labute approximate surface area is 95.9 Å². The monoisotopic (exact) mass is 224 g/mol. The van der Waals surface area contributed by atoms with Crippen LogP contribution < -0.4 is 5.73 Å². The molecule has 0 aromatic carbocycles. The molecule has 0 unspecified atom stereocenters. The molecule has 1 fully saturated rings. The van der Waals surface area contributed by atoms with Crippen molar-refractivity contribution in [1.29, 1.82) is 0 Å². The van der Waals surface area contributed by atoms with E-state index in [0.29, 0.717) is 0 Å². The quantitative estimate of drug-likeness (QED) is 0.784. The van der Waals surface area contributed by atoms with Crippen molar-refractivity contribution in [2.24, 2.45) is 5.73 Å². The molecule has 0 saturated heterocycles. The number of thiazole rings is 1. The van der Waals surface area contributed by atoms with E-state index in [4.69, 9.17) is 5.73 Å². The van der Waals surface area contributed by atoms with Crippen LogP contribution in [0.4, 0.5) is 0 Å². The molecule has 1 aliphatic rings. The lowest BCUT2D eigenvalue weighted by Crippen LogP contribution is -2.41. The van der Waals surface area contributed by atoms with Crippen LogP contribution in [0.3, 0.4) is 0 Å². The topological polar surface area (TPSA) is 38.9 Å². The van der Waals surface area contributed by atoms with Crippen molar-refractivity contribution in [3.05, 3.63) is 16.1 Å². The molecule has 1 saturated carbocycles. The van der Waals surface area contributed by atoms with Crippen LogP contribution in [-0.2, 0) is 6.42 Å². The lowest BCUT2D eigenvalue weighted by Gasteiger charge is -2.26. The molecule has 0 aliphatic heterocycles. The first-order valence-electron chi connectivity index (χ1n) is 5.88. The molecule has 0 atom stereocenters. The summed E-state index contributed by atoms with van der Waals surface area (Å²) in [6, 6.07) is 0. The molecule has 0 radical (unpaired) electrons. The summed E-state index contributed by atoms with van der Waals surface area (Å²) in [4.78, 5) is 4.52. The highest BCUT2D eigenvalue weighted by Gasteiger charge is 2.27. The van der Waals surface area contributed by atoms with Gasteiger partial charge in [-0.25, -0.2) is 4.98 Å². The Bertz CT molecular complexity index is 311. The molecule has 1 aromatic rings. The predicted molar refractivity (Wildman–Crippen MR) is 65.2 cm³/mol. The average molecular weight is 224 g/mol. The van der Waals surface area contributed by atoms with Crippen molar-refractivity contribution in [3.8, 4) is 0 Å². The Hall–Kier alpha value is -0.410. The van der Waals surface area contributed by atoms with E-state index in [9.17, 15) is 0 Å². The Morgan fingerprint density at radius 1 is 1.33 bits per heavy atom. The molecule has 3 heteroatoms.